The van der Waals surface area contributed by atoms with E-state index < -0.39 is 29.4 Å². The van der Waals surface area contributed by atoms with Crippen molar-refractivity contribution in [3.05, 3.63) is 17.0 Å². The van der Waals surface area contributed by atoms with Crippen molar-refractivity contribution in [1.82, 2.24) is 9.97 Å². The number of hydrogen-bond acceptors (Lipinski definition) is 5. The summed E-state index contributed by atoms with van der Waals surface area (Å²) in [6.45, 7) is 1.43. The normalized spacial score (nSPS) is 11.4. The van der Waals surface area contributed by atoms with E-state index >= 15 is 0 Å². The molecule has 1 aromatic rings. The van der Waals surface area contributed by atoms with Gasteiger partial charge >= 0.3 is 12.1 Å². The Morgan fingerprint density at radius 3 is 2.50 bits per heavy atom. The van der Waals surface area contributed by atoms with Crippen molar-refractivity contribution in [3.63, 3.8) is 0 Å². The molecular weight excluding hydrogens is 319 g/mol. The van der Waals surface area contributed by atoms with Crippen molar-refractivity contribution in [2.45, 2.75) is 18.4 Å². The quantitative estimate of drug-likeness (QED) is 0.679. The Hall–Kier alpha value is -1.38. The fourth-order valence-corrected chi connectivity index (χ4v) is 1.65. The van der Waals surface area contributed by atoms with Crippen LogP contribution in [0, 0.1) is 0 Å². The lowest BCUT2D eigenvalue weighted by Gasteiger charge is -2.13. The summed E-state index contributed by atoms with van der Waals surface area (Å²) >= 11 is 2.94. The summed E-state index contributed by atoms with van der Waals surface area (Å²) in [4.78, 5) is 18.2. The minimum atomic E-state index is -4.81. The van der Waals surface area contributed by atoms with Crippen LogP contribution in [-0.2, 0) is 16.2 Å². The average Bonchev–Trinajstić information content (AvgIpc) is 2.26. The Balaban J connectivity index is 3.48. The number of aromatic nitrogens is 2. The van der Waals surface area contributed by atoms with Crippen molar-refractivity contribution in [3.8, 4) is 0 Å². The summed E-state index contributed by atoms with van der Waals surface area (Å²) in [5.41, 5.74) is 2.92. The van der Waals surface area contributed by atoms with E-state index in [9.17, 15) is 18.0 Å². The van der Waals surface area contributed by atoms with E-state index in [1.807, 2.05) is 0 Å². The zero-order valence-corrected chi connectivity index (χ0v) is 10.8. The summed E-state index contributed by atoms with van der Waals surface area (Å²) in [6, 6.07) is 0. The summed E-state index contributed by atoms with van der Waals surface area (Å²) in [6.07, 6.45) is -4.81. The van der Waals surface area contributed by atoms with Crippen molar-refractivity contribution in [2.24, 2.45) is 0 Å². The Labute approximate surface area is 109 Å². The molecule has 0 radical (unpaired) electrons. The molecule has 0 amide bonds. The predicted molar refractivity (Wildman–Crippen MR) is 60.0 cm³/mol. The topological polar surface area (TPSA) is 78.1 Å². The first kappa shape index (κ1) is 14.7. The third-order valence-electron chi connectivity index (χ3n) is 1.88. The molecule has 0 unspecified atom stereocenters. The van der Waals surface area contributed by atoms with E-state index in [4.69, 9.17) is 5.73 Å². The third kappa shape index (κ3) is 3.09. The van der Waals surface area contributed by atoms with Crippen LogP contribution in [0.25, 0.3) is 0 Å². The highest BCUT2D eigenvalue weighted by molar-refractivity contribution is 9.08. The van der Waals surface area contributed by atoms with Crippen LogP contribution in [-0.4, -0.2) is 22.5 Å². The van der Waals surface area contributed by atoms with Crippen LogP contribution >= 0.6 is 15.9 Å². The molecule has 18 heavy (non-hydrogen) atoms. The molecule has 0 aliphatic carbocycles. The number of halogens is 4. The maximum Gasteiger partial charge on any atom is 0.434 e. The first-order valence-electron chi connectivity index (χ1n) is 4.77. The second kappa shape index (κ2) is 5.51. The Bertz CT molecular complexity index is 465. The van der Waals surface area contributed by atoms with Crippen LogP contribution in [0.15, 0.2) is 0 Å². The Morgan fingerprint density at radius 2 is 2.06 bits per heavy atom. The molecule has 0 spiro atoms. The highest BCUT2D eigenvalue weighted by Crippen LogP contribution is 2.32. The summed E-state index contributed by atoms with van der Waals surface area (Å²) in [5.74, 6) is -1.68. The van der Waals surface area contributed by atoms with Gasteiger partial charge in [0.05, 0.1) is 12.3 Å². The van der Waals surface area contributed by atoms with Gasteiger partial charge < -0.3 is 10.5 Å². The Kier molecular flexibility index (Phi) is 4.49. The summed E-state index contributed by atoms with van der Waals surface area (Å²) < 4.78 is 42.9. The molecule has 0 fully saturated rings. The number of nitrogens with two attached hydrogens (primary N) is 1. The number of hydrogen-bond donors (Lipinski definition) is 1. The van der Waals surface area contributed by atoms with Crippen LogP contribution in [0.2, 0.25) is 0 Å². The van der Waals surface area contributed by atoms with Gasteiger partial charge in [-0.3, -0.25) is 0 Å². The van der Waals surface area contributed by atoms with E-state index in [2.05, 4.69) is 30.6 Å². The Morgan fingerprint density at radius 1 is 1.44 bits per heavy atom. The van der Waals surface area contributed by atoms with E-state index in [0.717, 1.165) is 0 Å². The fourth-order valence-electron chi connectivity index (χ4n) is 1.25. The molecule has 100 valence electrons. The van der Waals surface area contributed by atoms with E-state index in [1.54, 1.807) is 0 Å². The summed E-state index contributed by atoms with van der Waals surface area (Å²) in [7, 11) is 0. The molecule has 1 aromatic heterocycles. The molecule has 5 nitrogen and oxygen atoms in total. The molecule has 9 heteroatoms. The van der Waals surface area contributed by atoms with Crippen molar-refractivity contribution >= 4 is 27.8 Å². The van der Waals surface area contributed by atoms with Crippen LogP contribution in [0.4, 0.5) is 19.1 Å². The molecule has 0 aromatic carbocycles. The molecule has 0 atom stereocenters. The highest BCUT2D eigenvalue weighted by Gasteiger charge is 2.40. The lowest BCUT2D eigenvalue weighted by molar-refractivity contribution is -0.141. The van der Waals surface area contributed by atoms with E-state index in [-0.39, 0.29) is 17.6 Å². The number of nitrogens with zero attached hydrogens (tertiary/aromatic N) is 2. The summed E-state index contributed by atoms with van der Waals surface area (Å²) in [5, 5.41) is -0.0725. The van der Waals surface area contributed by atoms with Crippen molar-refractivity contribution < 1.29 is 22.7 Å². The molecule has 1 rings (SSSR count). The van der Waals surface area contributed by atoms with Crippen LogP contribution in [0.3, 0.4) is 0 Å². The van der Waals surface area contributed by atoms with Gasteiger partial charge in [-0.1, -0.05) is 15.9 Å². The van der Waals surface area contributed by atoms with Gasteiger partial charge in [0.15, 0.2) is 5.69 Å². The zero-order chi connectivity index (χ0) is 13.9. The number of nitrogen functional groups attached to an aromatic ring is 1. The van der Waals surface area contributed by atoms with E-state index in [0.29, 0.717) is 0 Å². The van der Waals surface area contributed by atoms with Crippen LogP contribution < -0.4 is 5.73 Å². The molecule has 1 heterocycles. The van der Waals surface area contributed by atoms with Gasteiger partial charge in [0.1, 0.15) is 5.56 Å². The fraction of sp³-hybridized carbons (Fsp3) is 0.444. The van der Waals surface area contributed by atoms with Crippen molar-refractivity contribution in [2.75, 3.05) is 12.3 Å². The monoisotopic (exact) mass is 327 g/mol. The maximum atomic E-state index is 12.8. The first-order valence-corrected chi connectivity index (χ1v) is 5.90. The van der Waals surface area contributed by atoms with Gasteiger partial charge in [0.2, 0.25) is 5.95 Å². The molecule has 2 N–H and O–H groups in total. The smallest absolute Gasteiger partial charge is 0.434 e. The first-order chi connectivity index (χ1) is 8.31. The standard InChI is InChI=1S/C9H9BrF3N3O2/c1-2-18-7(17)5-4(3-10)15-8(14)16-6(5)9(11,12)13/h2-3H2,1H3,(H2,14,15,16). The van der Waals surface area contributed by atoms with Crippen LogP contribution in [0.1, 0.15) is 28.7 Å². The highest BCUT2D eigenvalue weighted by atomic mass is 79.9. The SMILES string of the molecule is CCOC(=O)c1c(CBr)nc(N)nc1C(F)(F)F. The molecule has 0 bridgehead atoms. The molecule has 0 saturated heterocycles. The van der Waals surface area contributed by atoms with Gasteiger partial charge in [0.25, 0.3) is 0 Å². The third-order valence-corrected chi connectivity index (χ3v) is 2.41. The maximum absolute atomic E-state index is 12.8. The van der Waals surface area contributed by atoms with Crippen molar-refractivity contribution in [1.29, 1.82) is 0 Å². The lowest BCUT2D eigenvalue weighted by Crippen LogP contribution is -2.21. The number of esters is 1. The minimum Gasteiger partial charge on any atom is -0.462 e. The number of carbonyl (C=O) groups is 1. The predicted octanol–water partition coefficient (Wildman–Crippen LogP) is 2.15. The van der Waals surface area contributed by atoms with Gasteiger partial charge in [-0.05, 0) is 6.92 Å². The zero-order valence-electron chi connectivity index (χ0n) is 9.21. The van der Waals surface area contributed by atoms with Gasteiger partial charge in [-0.15, -0.1) is 0 Å². The number of carbonyl (C=O) groups excluding carboxylic acids is 1. The number of anilines is 1. The molecule has 0 saturated carbocycles. The molecule has 0 aliphatic heterocycles. The minimum absolute atomic E-state index is 0.0533. The second-order valence-corrected chi connectivity index (χ2v) is 3.66. The van der Waals surface area contributed by atoms with Gasteiger partial charge in [-0.2, -0.15) is 13.2 Å². The van der Waals surface area contributed by atoms with E-state index in [1.165, 1.54) is 6.92 Å². The lowest BCUT2D eigenvalue weighted by atomic mass is 10.1. The average molecular weight is 328 g/mol. The van der Waals surface area contributed by atoms with Crippen LogP contribution in [0.5, 0.6) is 0 Å². The van der Waals surface area contributed by atoms with Gasteiger partial charge in [0, 0.05) is 5.33 Å². The largest absolute Gasteiger partial charge is 0.462 e. The second-order valence-electron chi connectivity index (χ2n) is 3.10. The number of alkyl halides is 4. The number of ether oxygens (including phenoxy) is 1. The van der Waals surface area contributed by atoms with Gasteiger partial charge in [-0.25, -0.2) is 14.8 Å². The molecular formula is C9H9BrF3N3O2. The molecule has 0 aliphatic rings. The number of rotatable bonds is 3.